The van der Waals surface area contributed by atoms with E-state index in [4.69, 9.17) is 5.11 Å². The molecule has 0 unspecified atom stereocenters. The number of thiophene rings is 1. The Bertz CT molecular complexity index is 1070. The quantitative estimate of drug-likeness (QED) is 0.627. The molecule has 0 bridgehead atoms. The van der Waals surface area contributed by atoms with Gasteiger partial charge in [0, 0.05) is 11.2 Å². The van der Waals surface area contributed by atoms with Crippen molar-refractivity contribution < 1.29 is 22.7 Å². The molecule has 142 valence electrons. The van der Waals surface area contributed by atoms with Gasteiger partial charge in [0.05, 0.1) is 17.1 Å². The standard InChI is InChI=1S/C19H18FNO4S2/c1-13-16-5-2-3-6-17(16)26-18(13)21(12-4-11-20)27(24,25)15-9-7-14(8-10-15)19(22)23/h2-3,5-10H,4,11-12H2,1H3,(H,22,23). The minimum Gasteiger partial charge on any atom is -0.478 e. The minimum atomic E-state index is -3.95. The van der Waals surface area contributed by atoms with Gasteiger partial charge in [0.25, 0.3) is 10.0 Å². The van der Waals surface area contributed by atoms with E-state index < -0.39 is 22.7 Å². The van der Waals surface area contributed by atoms with Gasteiger partial charge < -0.3 is 5.11 Å². The smallest absolute Gasteiger partial charge is 0.335 e. The van der Waals surface area contributed by atoms with E-state index in [0.717, 1.165) is 15.6 Å². The molecule has 27 heavy (non-hydrogen) atoms. The van der Waals surface area contributed by atoms with Crippen molar-refractivity contribution in [1.29, 1.82) is 0 Å². The third-order valence-corrected chi connectivity index (χ3v) is 7.45. The van der Waals surface area contributed by atoms with E-state index in [0.29, 0.717) is 5.00 Å². The van der Waals surface area contributed by atoms with E-state index >= 15 is 0 Å². The first kappa shape index (κ1) is 19.3. The first-order valence-electron chi connectivity index (χ1n) is 8.26. The number of nitrogens with zero attached hydrogens (tertiary/aromatic N) is 1. The molecule has 5 nitrogen and oxygen atoms in total. The Hall–Kier alpha value is -2.45. The van der Waals surface area contributed by atoms with E-state index in [9.17, 15) is 17.6 Å². The lowest BCUT2D eigenvalue weighted by Crippen LogP contribution is -2.32. The van der Waals surface area contributed by atoms with E-state index in [1.54, 1.807) is 0 Å². The minimum absolute atomic E-state index is 0.00213. The summed E-state index contributed by atoms with van der Waals surface area (Å²) in [5.41, 5.74) is 0.822. The van der Waals surface area contributed by atoms with Crippen molar-refractivity contribution in [3.63, 3.8) is 0 Å². The Kier molecular flexibility index (Phi) is 5.48. The molecule has 0 aliphatic heterocycles. The Labute approximate surface area is 160 Å². The number of carboxylic acids is 1. The van der Waals surface area contributed by atoms with Crippen molar-refractivity contribution >= 4 is 42.4 Å². The number of carboxylic acid groups (broad SMARTS) is 1. The maximum absolute atomic E-state index is 13.2. The molecule has 3 rings (SSSR count). The van der Waals surface area contributed by atoms with Crippen LogP contribution in [0.15, 0.2) is 53.4 Å². The van der Waals surface area contributed by atoms with Crippen LogP contribution in [0.25, 0.3) is 10.1 Å². The second-order valence-corrected chi connectivity index (χ2v) is 8.87. The monoisotopic (exact) mass is 407 g/mol. The molecule has 0 amide bonds. The fourth-order valence-corrected chi connectivity index (χ4v) is 5.84. The fourth-order valence-electron chi connectivity index (χ4n) is 2.83. The number of anilines is 1. The topological polar surface area (TPSA) is 74.7 Å². The zero-order valence-corrected chi connectivity index (χ0v) is 16.2. The summed E-state index contributed by atoms with van der Waals surface area (Å²) in [6, 6.07) is 12.6. The van der Waals surface area contributed by atoms with Gasteiger partial charge in [-0.3, -0.25) is 8.70 Å². The molecule has 0 fully saturated rings. The van der Waals surface area contributed by atoms with Crippen LogP contribution in [0.1, 0.15) is 22.3 Å². The van der Waals surface area contributed by atoms with Gasteiger partial charge in [-0.2, -0.15) is 0 Å². The van der Waals surface area contributed by atoms with Gasteiger partial charge in [-0.1, -0.05) is 18.2 Å². The van der Waals surface area contributed by atoms with Crippen LogP contribution < -0.4 is 4.31 Å². The molecule has 3 aromatic rings. The Balaban J connectivity index is 2.10. The lowest BCUT2D eigenvalue weighted by molar-refractivity contribution is 0.0696. The van der Waals surface area contributed by atoms with Crippen LogP contribution in [0.3, 0.4) is 0 Å². The van der Waals surface area contributed by atoms with E-state index in [-0.39, 0.29) is 23.4 Å². The summed E-state index contributed by atoms with van der Waals surface area (Å²) in [5.74, 6) is -1.13. The number of alkyl halides is 1. The van der Waals surface area contributed by atoms with E-state index in [2.05, 4.69) is 0 Å². The third-order valence-electron chi connectivity index (χ3n) is 4.23. The molecule has 1 N–H and O–H groups in total. The van der Waals surface area contributed by atoms with Crippen LogP contribution in [0.2, 0.25) is 0 Å². The zero-order valence-electron chi connectivity index (χ0n) is 14.6. The van der Waals surface area contributed by atoms with Crippen molar-refractivity contribution in [2.24, 2.45) is 0 Å². The Morgan fingerprint density at radius 1 is 1.15 bits per heavy atom. The molecule has 2 aromatic carbocycles. The van der Waals surface area contributed by atoms with E-state index in [1.165, 1.54) is 39.9 Å². The summed E-state index contributed by atoms with van der Waals surface area (Å²) in [5, 5.41) is 10.5. The molecule has 0 radical (unpaired) electrons. The van der Waals surface area contributed by atoms with E-state index in [1.807, 2.05) is 31.2 Å². The van der Waals surface area contributed by atoms with Crippen molar-refractivity contribution in [3.8, 4) is 0 Å². The highest BCUT2D eigenvalue weighted by Crippen LogP contribution is 2.39. The van der Waals surface area contributed by atoms with Crippen molar-refractivity contribution in [2.45, 2.75) is 18.2 Å². The van der Waals surface area contributed by atoms with Gasteiger partial charge >= 0.3 is 5.97 Å². The highest BCUT2D eigenvalue weighted by Gasteiger charge is 2.28. The highest BCUT2D eigenvalue weighted by molar-refractivity contribution is 7.93. The number of halogens is 1. The van der Waals surface area contributed by atoms with Gasteiger partial charge in [-0.25, -0.2) is 13.2 Å². The molecule has 0 saturated heterocycles. The average Bonchev–Trinajstić information content (AvgIpc) is 2.99. The molecule has 0 spiro atoms. The van der Waals surface area contributed by atoms with Gasteiger partial charge in [-0.15, -0.1) is 11.3 Å². The maximum Gasteiger partial charge on any atom is 0.335 e. The summed E-state index contributed by atoms with van der Waals surface area (Å²) in [6.07, 6.45) is 0.0696. The number of benzene rings is 2. The van der Waals surface area contributed by atoms with Crippen LogP contribution in [0.5, 0.6) is 0 Å². The first-order chi connectivity index (χ1) is 12.9. The van der Waals surface area contributed by atoms with Crippen molar-refractivity contribution in [2.75, 3.05) is 17.5 Å². The number of aryl methyl sites for hydroxylation is 1. The number of fused-ring (bicyclic) bond motifs is 1. The molecule has 0 atom stereocenters. The number of aromatic carboxylic acids is 1. The molecule has 1 aromatic heterocycles. The third kappa shape index (κ3) is 3.68. The van der Waals surface area contributed by atoms with Crippen molar-refractivity contribution in [1.82, 2.24) is 0 Å². The van der Waals surface area contributed by atoms with Crippen LogP contribution >= 0.6 is 11.3 Å². The van der Waals surface area contributed by atoms with Crippen molar-refractivity contribution in [3.05, 3.63) is 59.7 Å². The molecule has 1 heterocycles. The van der Waals surface area contributed by atoms with Gasteiger partial charge in [0.15, 0.2) is 0 Å². The fraction of sp³-hybridized carbons (Fsp3) is 0.211. The number of hydrogen-bond acceptors (Lipinski definition) is 4. The lowest BCUT2D eigenvalue weighted by atomic mass is 10.2. The van der Waals surface area contributed by atoms with Crippen LogP contribution in [0, 0.1) is 6.92 Å². The molecule has 8 heteroatoms. The molecule has 0 aliphatic rings. The largest absolute Gasteiger partial charge is 0.478 e. The second-order valence-electron chi connectivity index (χ2n) is 5.98. The lowest BCUT2D eigenvalue weighted by Gasteiger charge is -2.23. The average molecular weight is 407 g/mol. The SMILES string of the molecule is Cc1c(N(CCCF)S(=O)(=O)c2ccc(C(=O)O)cc2)sc2ccccc12. The first-order valence-corrected chi connectivity index (χ1v) is 10.5. The molecular weight excluding hydrogens is 389 g/mol. The number of sulfonamides is 1. The molecular formula is C19H18FNO4S2. The number of rotatable bonds is 7. The predicted octanol–water partition coefficient (Wildman–Crippen LogP) is 4.46. The maximum atomic E-state index is 13.2. The van der Waals surface area contributed by atoms with Crippen LogP contribution in [-0.4, -0.2) is 32.7 Å². The Morgan fingerprint density at radius 2 is 1.81 bits per heavy atom. The number of hydrogen-bond donors (Lipinski definition) is 1. The second kappa shape index (κ2) is 7.66. The summed E-state index contributed by atoms with van der Waals surface area (Å²) in [4.78, 5) is 11.0. The van der Waals surface area contributed by atoms with Gasteiger partial charge in [-0.05, 0) is 54.6 Å². The predicted molar refractivity (Wildman–Crippen MR) is 105 cm³/mol. The van der Waals surface area contributed by atoms with Crippen LogP contribution in [0.4, 0.5) is 9.39 Å². The van der Waals surface area contributed by atoms with Gasteiger partial charge in [0.2, 0.25) is 0 Å². The number of carbonyl (C=O) groups is 1. The van der Waals surface area contributed by atoms with Crippen LogP contribution in [-0.2, 0) is 10.0 Å². The van der Waals surface area contributed by atoms with Gasteiger partial charge in [0.1, 0.15) is 5.00 Å². The molecule has 0 aliphatic carbocycles. The zero-order chi connectivity index (χ0) is 19.6. The summed E-state index contributed by atoms with van der Waals surface area (Å²) >= 11 is 1.34. The summed E-state index contributed by atoms with van der Waals surface area (Å²) in [7, 11) is -3.95. The normalized spacial score (nSPS) is 11.6. The Morgan fingerprint density at radius 3 is 2.41 bits per heavy atom. The molecule has 0 saturated carbocycles. The summed E-state index contributed by atoms with van der Waals surface area (Å²) in [6.45, 7) is 1.22. The summed E-state index contributed by atoms with van der Waals surface area (Å²) < 4.78 is 41.4. The highest BCUT2D eigenvalue weighted by atomic mass is 32.2.